The lowest BCUT2D eigenvalue weighted by Gasteiger charge is -2.11. The molecule has 5 heteroatoms. The monoisotopic (exact) mass is 735 g/mol. The predicted molar refractivity (Wildman–Crippen MR) is 236 cm³/mol. The van der Waals surface area contributed by atoms with Crippen LogP contribution < -0.4 is 0 Å². The van der Waals surface area contributed by atoms with Crippen LogP contribution in [0.1, 0.15) is 0 Å². The summed E-state index contributed by atoms with van der Waals surface area (Å²) < 4.78 is 7.73. The summed E-state index contributed by atoms with van der Waals surface area (Å²) in [7, 11) is 0. The van der Waals surface area contributed by atoms with Gasteiger partial charge in [-0.05, 0) is 71.8 Å². The van der Waals surface area contributed by atoms with Crippen LogP contribution in [0.4, 0.5) is 0 Å². The van der Waals surface area contributed by atoms with Gasteiger partial charge in [0, 0.05) is 73.3 Å². The molecule has 0 unspecified atom stereocenters. The Balaban J connectivity index is 1.07. The van der Waals surface area contributed by atoms with Crippen molar-refractivity contribution >= 4 is 95.7 Å². The lowest BCUT2D eigenvalue weighted by atomic mass is 10.00. The second kappa shape index (κ2) is 11.9. The van der Waals surface area contributed by atoms with Crippen LogP contribution in [-0.2, 0) is 0 Å². The molecule has 3 nitrogen and oxygen atoms in total. The summed E-state index contributed by atoms with van der Waals surface area (Å²) in [6, 6.07) is 63.4. The maximum atomic E-state index is 5.15. The number of aromatic nitrogens is 3. The van der Waals surface area contributed by atoms with Crippen LogP contribution in [0.25, 0.3) is 113 Å². The zero-order valence-electron chi connectivity index (χ0n) is 29.4. The number of para-hydroxylation sites is 1. The lowest BCUT2D eigenvalue weighted by Crippen LogP contribution is -1.97. The fourth-order valence-corrected chi connectivity index (χ4v) is 11.0. The highest BCUT2D eigenvalue weighted by molar-refractivity contribution is 7.27. The van der Waals surface area contributed by atoms with E-state index in [1.54, 1.807) is 0 Å². The third-order valence-electron chi connectivity index (χ3n) is 11.0. The van der Waals surface area contributed by atoms with Crippen molar-refractivity contribution in [3.05, 3.63) is 176 Å². The van der Waals surface area contributed by atoms with E-state index in [2.05, 4.69) is 168 Å². The number of nitrogens with zero attached hydrogens (tertiary/aromatic N) is 3. The SMILES string of the molecule is c1ccc(-c2nc(-c3ccc(-n4c5ccc(-c6cccc7c6sc6ccccc67)cc5c5c6sc7ccccc7c6ccc54)cc3)nc3ccccc23)cc1. The van der Waals surface area contributed by atoms with Gasteiger partial charge in [-0.3, -0.25) is 0 Å². The van der Waals surface area contributed by atoms with E-state index in [1.807, 2.05) is 34.8 Å². The Hall–Kier alpha value is -6.66. The Morgan fingerprint density at radius 1 is 0.400 bits per heavy atom. The molecule has 0 atom stereocenters. The van der Waals surface area contributed by atoms with Gasteiger partial charge in [0.05, 0.1) is 22.2 Å². The molecule has 0 N–H and O–H groups in total. The standard InChI is InChI=1S/C50H29N3S2/c1-2-11-30(12-3-1)47-39-15-4-7-18-41(39)51-50(52-47)31-21-24-33(25-22-31)53-42-27-23-32(34-16-10-17-37-35-13-5-8-19-44(35)54-48(34)37)29-40(42)46-43(53)28-26-38-36-14-6-9-20-45(36)55-49(38)46/h1-29H. The molecule has 8 aromatic carbocycles. The van der Waals surface area contributed by atoms with E-state index in [-0.39, 0.29) is 0 Å². The highest BCUT2D eigenvalue weighted by Crippen LogP contribution is 2.46. The molecule has 0 radical (unpaired) electrons. The maximum Gasteiger partial charge on any atom is 0.160 e. The van der Waals surface area contributed by atoms with Crippen molar-refractivity contribution in [3.8, 4) is 39.5 Å². The molecule has 0 aliphatic carbocycles. The fourth-order valence-electron chi connectivity index (χ4n) is 8.49. The van der Waals surface area contributed by atoms with Crippen molar-refractivity contribution in [3.63, 3.8) is 0 Å². The average molecular weight is 736 g/mol. The number of hydrogen-bond acceptors (Lipinski definition) is 4. The second-order valence-electron chi connectivity index (χ2n) is 14.1. The molecular weight excluding hydrogens is 707 g/mol. The minimum Gasteiger partial charge on any atom is -0.309 e. The lowest BCUT2D eigenvalue weighted by molar-refractivity contribution is 1.17. The van der Waals surface area contributed by atoms with E-state index in [4.69, 9.17) is 9.97 Å². The number of fused-ring (bicyclic) bond motifs is 11. The van der Waals surface area contributed by atoms with Gasteiger partial charge in [-0.2, -0.15) is 0 Å². The molecule has 0 fully saturated rings. The van der Waals surface area contributed by atoms with Gasteiger partial charge in [0.1, 0.15) is 0 Å². The van der Waals surface area contributed by atoms with E-state index in [0.29, 0.717) is 0 Å². The van der Waals surface area contributed by atoms with Crippen LogP contribution in [0.3, 0.4) is 0 Å². The van der Waals surface area contributed by atoms with E-state index in [9.17, 15) is 0 Å². The van der Waals surface area contributed by atoms with E-state index >= 15 is 0 Å². The molecule has 256 valence electrons. The summed E-state index contributed by atoms with van der Waals surface area (Å²) in [5, 5.41) is 8.87. The minimum atomic E-state index is 0.721. The third-order valence-corrected chi connectivity index (χ3v) is 13.4. The minimum absolute atomic E-state index is 0.721. The average Bonchev–Trinajstić information content (AvgIpc) is 3.93. The number of thiophene rings is 2. The van der Waals surface area contributed by atoms with Gasteiger partial charge in [-0.15, -0.1) is 22.7 Å². The van der Waals surface area contributed by atoms with Crippen LogP contribution in [0.2, 0.25) is 0 Å². The molecule has 12 aromatic rings. The quantitative estimate of drug-likeness (QED) is 0.180. The van der Waals surface area contributed by atoms with Crippen LogP contribution >= 0.6 is 22.7 Å². The van der Waals surface area contributed by atoms with Crippen molar-refractivity contribution in [2.24, 2.45) is 0 Å². The van der Waals surface area contributed by atoms with Gasteiger partial charge in [0.2, 0.25) is 0 Å². The number of rotatable bonds is 4. The van der Waals surface area contributed by atoms with Crippen LogP contribution in [0.5, 0.6) is 0 Å². The summed E-state index contributed by atoms with van der Waals surface area (Å²) in [4.78, 5) is 10.2. The van der Waals surface area contributed by atoms with Gasteiger partial charge >= 0.3 is 0 Å². The van der Waals surface area contributed by atoms with Gasteiger partial charge in [0.15, 0.2) is 5.82 Å². The zero-order chi connectivity index (χ0) is 36.0. The molecule has 55 heavy (non-hydrogen) atoms. The molecule has 0 aliphatic rings. The molecule has 0 saturated heterocycles. The van der Waals surface area contributed by atoms with Crippen LogP contribution in [0, 0.1) is 0 Å². The first-order valence-electron chi connectivity index (χ1n) is 18.5. The molecular formula is C50H29N3S2. The van der Waals surface area contributed by atoms with Crippen LogP contribution in [0.15, 0.2) is 176 Å². The first-order valence-corrected chi connectivity index (χ1v) is 20.1. The van der Waals surface area contributed by atoms with E-state index in [0.717, 1.165) is 39.2 Å². The second-order valence-corrected chi connectivity index (χ2v) is 16.2. The Morgan fingerprint density at radius 3 is 1.84 bits per heavy atom. The summed E-state index contributed by atoms with van der Waals surface area (Å²) in [6.07, 6.45) is 0. The number of benzene rings is 8. The summed E-state index contributed by atoms with van der Waals surface area (Å²) >= 11 is 3.78. The molecule has 0 spiro atoms. The Morgan fingerprint density at radius 2 is 1.04 bits per heavy atom. The zero-order valence-corrected chi connectivity index (χ0v) is 31.0. The van der Waals surface area contributed by atoms with E-state index < -0.39 is 0 Å². The molecule has 4 aromatic heterocycles. The first kappa shape index (κ1) is 30.8. The maximum absolute atomic E-state index is 5.15. The number of hydrogen-bond donors (Lipinski definition) is 0. The highest BCUT2D eigenvalue weighted by Gasteiger charge is 2.20. The summed E-state index contributed by atoms with van der Waals surface area (Å²) in [5.41, 5.74) is 9.96. The van der Waals surface area contributed by atoms with Gasteiger partial charge in [-0.25, -0.2) is 9.97 Å². The molecule has 0 amide bonds. The predicted octanol–water partition coefficient (Wildman–Crippen LogP) is 14.5. The molecule has 12 rings (SSSR count). The first-order chi connectivity index (χ1) is 27.3. The van der Waals surface area contributed by atoms with Crippen molar-refractivity contribution in [1.82, 2.24) is 14.5 Å². The van der Waals surface area contributed by atoms with Crippen molar-refractivity contribution < 1.29 is 0 Å². The molecule has 0 saturated carbocycles. The topological polar surface area (TPSA) is 30.7 Å². The largest absolute Gasteiger partial charge is 0.309 e. The van der Waals surface area contributed by atoms with Crippen molar-refractivity contribution in [2.75, 3.05) is 0 Å². The Bertz CT molecular complexity index is 3480. The third kappa shape index (κ3) is 4.67. The Kier molecular flexibility index (Phi) is 6.67. The fraction of sp³-hybridized carbons (Fsp3) is 0. The smallest absolute Gasteiger partial charge is 0.160 e. The van der Waals surface area contributed by atoms with Crippen molar-refractivity contribution in [2.45, 2.75) is 0 Å². The van der Waals surface area contributed by atoms with Gasteiger partial charge in [-0.1, -0.05) is 115 Å². The van der Waals surface area contributed by atoms with Gasteiger partial charge < -0.3 is 4.57 Å². The van der Waals surface area contributed by atoms with E-state index in [1.165, 1.54) is 73.3 Å². The summed E-state index contributed by atoms with van der Waals surface area (Å²) in [5.74, 6) is 0.721. The van der Waals surface area contributed by atoms with Crippen LogP contribution in [-0.4, -0.2) is 14.5 Å². The molecule has 4 heterocycles. The normalized spacial score (nSPS) is 12.0. The highest BCUT2D eigenvalue weighted by atomic mass is 32.1. The summed E-state index contributed by atoms with van der Waals surface area (Å²) in [6.45, 7) is 0. The van der Waals surface area contributed by atoms with Crippen molar-refractivity contribution in [1.29, 1.82) is 0 Å². The van der Waals surface area contributed by atoms with Gasteiger partial charge in [0.25, 0.3) is 0 Å². The molecule has 0 aliphatic heterocycles. The Labute approximate surface area is 324 Å². The molecule has 0 bridgehead atoms.